The van der Waals surface area contributed by atoms with Crippen LogP contribution in [0.4, 0.5) is 0 Å². The summed E-state index contributed by atoms with van der Waals surface area (Å²) in [5.74, 6) is 3.37. The van der Waals surface area contributed by atoms with Crippen molar-refractivity contribution in [2.24, 2.45) is 0 Å². The van der Waals surface area contributed by atoms with Gasteiger partial charge in [-0.25, -0.2) is 0 Å². The van der Waals surface area contributed by atoms with E-state index in [1.807, 2.05) is 0 Å². The van der Waals surface area contributed by atoms with Crippen molar-refractivity contribution in [2.75, 3.05) is 6.61 Å². The van der Waals surface area contributed by atoms with Crippen LogP contribution in [0.2, 0.25) is 39.3 Å². The van der Waals surface area contributed by atoms with E-state index in [2.05, 4.69) is 56.8 Å². The minimum Gasteiger partial charge on any atom is -0.396 e. The van der Waals surface area contributed by atoms with Gasteiger partial charge in [-0.3, -0.25) is 0 Å². The van der Waals surface area contributed by atoms with Crippen molar-refractivity contribution < 1.29 is 5.11 Å². The molecule has 0 fully saturated rings. The molecule has 0 aromatic carbocycles. The van der Waals surface area contributed by atoms with Gasteiger partial charge in [0.15, 0.2) is 0 Å². The van der Waals surface area contributed by atoms with Crippen LogP contribution >= 0.6 is 0 Å². The fraction of sp³-hybridized carbons (Fsp3) is 0.714. The Morgan fingerprint density at radius 2 is 1.71 bits per heavy atom. The van der Waals surface area contributed by atoms with Crippen LogP contribution in [0.5, 0.6) is 0 Å². The first-order valence-electron chi connectivity index (χ1n) is 6.47. The molecule has 0 radical (unpaired) electrons. The van der Waals surface area contributed by atoms with Crippen molar-refractivity contribution >= 4 is 16.1 Å². The molecule has 0 heterocycles. The van der Waals surface area contributed by atoms with E-state index in [9.17, 15) is 0 Å². The van der Waals surface area contributed by atoms with Gasteiger partial charge in [0.05, 0.1) is 8.07 Å². The molecule has 98 valence electrons. The van der Waals surface area contributed by atoms with E-state index in [0.29, 0.717) is 0 Å². The Morgan fingerprint density at radius 3 is 2.12 bits per heavy atom. The standard InChI is InChI=1S/C14H28OSi2/c1-16(2,3)13-9-11-14(17(4,5)6)10-7-8-12-15/h10,15H,7-8,11-12H2,1-6H3. The summed E-state index contributed by atoms with van der Waals surface area (Å²) < 4.78 is 0. The van der Waals surface area contributed by atoms with E-state index in [-0.39, 0.29) is 6.61 Å². The molecule has 0 atom stereocenters. The minimum absolute atomic E-state index is 0.288. The Balaban J connectivity index is 4.61. The summed E-state index contributed by atoms with van der Waals surface area (Å²) in [5.41, 5.74) is 3.44. The summed E-state index contributed by atoms with van der Waals surface area (Å²) in [4.78, 5) is 0. The number of hydrogen-bond acceptors (Lipinski definition) is 1. The number of aliphatic hydroxyl groups excluding tert-OH is 1. The zero-order valence-corrected chi connectivity index (χ0v) is 14.4. The summed E-state index contributed by atoms with van der Waals surface area (Å²) in [6, 6.07) is 0. The molecule has 1 N–H and O–H groups in total. The molecule has 0 bridgehead atoms. The van der Waals surface area contributed by atoms with Crippen molar-refractivity contribution in [3.63, 3.8) is 0 Å². The number of unbranched alkanes of at least 4 members (excludes halogenated alkanes) is 1. The maximum absolute atomic E-state index is 8.82. The lowest BCUT2D eigenvalue weighted by Crippen LogP contribution is -2.24. The summed E-state index contributed by atoms with van der Waals surface area (Å²) in [7, 11) is -2.47. The van der Waals surface area contributed by atoms with E-state index in [4.69, 9.17) is 5.11 Å². The average Bonchev–Trinajstić information content (AvgIpc) is 2.12. The van der Waals surface area contributed by atoms with Gasteiger partial charge >= 0.3 is 0 Å². The third kappa shape index (κ3) is 9.40. The lowest BCUT2D eigenvalue weighted by atomic mass is 10.3. The smallest absolute Gasteiger partial charge is 0.129 e. The average molecular weight is 269 g/mol. The van der Waals surface area contributed by atoms with Crippen LogP contribution in [0, 0.1) is 11.5 Å². The summed E-state index contributed by atoms with van der Waals surface area (Å²) >= 11 is 0. The third-order valence-corrected chi connectivity index (χ3v) is 5.69. The van der Waals surface area contributed by atoms with Crippen LogP contribution in [-0.2, 0) is 0 Å². The summed E-state index contributed by atoms with van der Waals surface area (Å²) in [5, 5.41) is 10.4. The number of rotatable bonds is 5. The fourth-order valence-electron chi connectivity index (χ4n) is 1.42. The molecule has 0 aromatic rings. The van der Waals surface area contributed by atoms with E-state index < -0.39 is 16.1 Å². The molecule has 0 saturated carbocycles. The zero-order chi connectivity index (χ0) is 13.5. The molecule has 0 aromatic heterocycles. The van der Waals surface area contributed by atoms with Crippen molar-refractivity contribution in [3.05, 3.63) is 11.3 Å². The lowest BCUT2D eigenvalue weighted by Gasteiger charge is -2.19. The molecule has 17 heavy (non-hydrogen) atoms. The topological polar surface area (TPSA) is 20.2 Å². The molecule has 3 heteroatoms. The molecular formula is C14H28OSi2. The van der Waals surface area contributed by atoms with Gasteiger partial charge in [-0.05, 0) is 12.8 Å². The second-order valence-electron chi connectivity index (χ2n) is 6.57. The third-order valence-electron chi connectivity index (χ3n) is 2.46. The van der Waals surface area contributed by atoms with Crippen LogP contribution in [0.3, 0.4) is 0 Å². The highest BCUT2D eigenvalue weighted by Crippen LogP contribution is 2.18. The molecule has 0 unspecified atom stereocenters. The number of allylic oxidation sites excluding steroid dienone is 2. The first kappa shape index (κ1) is 16.7. The van der Waals surface area contributed by atoms with Crippen molar-refractivity contribution in [2.45, 2.75) is 58.5 Å². The fourth-order valence-corrected chi connectivity index (χ4v) is 3.41. The van der Waals surface area contributed by atoms with E-state index >= 15 is 0 Å². The minimum atomic E-state index is -1.24. The maximum Gasteiger partial charge on any atom is 0.129 e. The first-order valence-corrected chi connectivity index (χ1v) is 13.5. The highest BCUT2D eigenvalue weighted by Gasteiger charge is 2.18. The van der Waals surface area contributed by atoms with Crippen LogP contribution in [0.15, 0.2) is 11.3 Å². The highest BCUT2D eigenvalue weighted by atomic mass is 28.3. The summed E-state index contributed by atoms with van der Waals surface area (Å²) in [6.45, 7) is 14.2. The number of hydrogen-bond donors (Lipinski definition) is 1. The van der Waals surface area contributed by atoms with Crippen LogP contribution in [-0.4, -0.2) is 27.9 Å². The molecular weight excluding hydrogens is 240 g/mol. The molecule has 0 saturated heterocycles. The van der Waals surface area contributed by atoms with Crippen molar-refractivity contribution in [3.8, 4) is 11.5 Å². The van der Waals surface area contributed by atoms with Gasteiger partial charge in [-0.1, -0.05) is 50.6 Å². The largest absolute Gasteiger partial charge is 0.396 e. The van der Waals surface area contributed by atoms with E-state index in [1.165, 1.54) is 5.20 Å². The Morgan fingerprint density at radius 1 is 1.12 bits per heavy atom. The Hall–Kier alpha value is -0.306. The van der Waals surface area contributed by atoms with Crippen molar-refractivity contribution in [1.29, 1.82) is 0 Å². The zero-order valence-electron chi connectivity index (χ0n) is 12.4. The van der Waals surface area contributed by atoms with Gasteiger partial charge in [-0.15, -0.1) is 11.5 Å². The van der Waals surface area contributed by atoms with Crippen LogP contribution in [0.1, 0.15) is 19.3 Å². The second kappa shape index (κ2) is 7.20. The quantitative estimate of drug-likeness (QED) is 0.456. The normalized spacial score (nSPS) is 13.2. The molecule has 0 aliphatic carbocycles. The van der Waals surface area contributed by atoms with Gasteiger partial charge in [0, 0.05) is 13.0 Å². The van der Waals surface area contributed by atoms with Gasteiger partial charge < -0.3 is 5.11 Å². The van der Waals surface area contributed by atoms with Crippen molar-refractivity contribution in [1.82, 2.24) is 0 Å². The lowest BCUT2D eigenvalue weighted by molar-refractivity contribution is 0.289. The highest BCUT2D eigenvalue weighted by molar-refractivity contribution is 6.84. The molecule has 0 aliphatic rings. The number of aliphatic hydroxyl groups is 1. The second-order valence-corrected chi connectivity index (χ2v) is 16.5. The Bertz CT molecular complexity index is 308. The predicted octanol–water partition coefficient (Wildman–Crippen LogP) is 3.83. The van der Waals surface area contributed by atoms with Crippen LogP contribution < -0.4 is 0 Å². The van der Waals surface area contributed by atoms with Gasteiger partial charge in [0.2, 0.25) is 0 Å². The van der Waals surface area contributed by atoms with E-state index in [0.717, 1.165) is 19.3 Å². The maximum atomic E-state index is 8.82. The van der Waals surface area contributed by atoms with Gasteiger partial charge in [0.1, 0.15) is 8.07 Å². The Kier molecular flexibility index (Phi) is 7.07. The molecule has 0 amide bonds. The predicted molar refractivity (Wildman–Crippen MR) is 83.5 cm³/mol. The molecule has 1 nitrogen and oxygen atoms in total. The molecule has 0 spiro atoms. The van der Waals surface area contributed by atoms with Crippen LogP contribution in [0.25, 0.3) is 0 Å². The monoisotopic (exact) mass is 268 g/mol. The SMILES string of the molecule is C[Si](C)(C)C#CCC(=CCCCO)[Si](C)(C)C. The molecule has 0 aliphatic heterocycles. The van der Waals surface area contributed by atoms with E-state index in [1.54, 1.807) is 0 Å². The van der Waals surface area contributed by atoms with Gasteiger partial charge in [0.25, 0.3) is 0 Å². The Labute approximate surface area is 109 Å². The van der Waals surface area contributed by atoms with Gasteiger partial charge in [-0.2, -0.15) is 0 Å². The molecule has 0 rings (SSSR count). The summed E-state index contributed by atoms with van der Waals surface area (Å²) in [6.07, 6.45) is 5.12. The first-order chi connectivity index (χ1) is 7.67.